The van der Waals surface area contributed by atoms with E-state index in [0.29, 0.717) is 32.0 Å². The third-order valence-corrected chi connectivity index (χ3v) is 4.58. The lowest BCUT2D eigenvalue weighted by Gasteiger charge is -2.30. The van der Waals surface area contributed by atoms with Gasteiger partial charge in [-0.3, -0.25) is 0 Å². The minimum absolute atomic E-state index is 0.0674. The van der Waals surface area contributed by atoms with E-state index < -0.39 is 35.0 Å². The maximum Gasteiger partial charge on any atom is 0.522 e. The summed E-state index contributed by atoms with van der Waals surface area (Å²) in [6.07, 6.45) is -1.31. The highest BCUT2D eigenvalue weighted by molar-refractivity contribution is 5.90. The van der Waals surface area contributed by atoms with Crippen molar-refractivity contribution in [3.8, 4) is 0 Å². The molecule has 0 radical (unpaired) electrons. The number of amides is 1. The van der Waals surface area contributed by atoms with Crippen LogP contribution in [0.4, 0.5) is 20.6 Å². The van der Waals surface area contributed by atoms with Crippen molar-refractivity contribution >= 4 is 23.4 Å². The van der Waals surface area contributed by atoms with Crippen LogP contribution < -0.4 is 15.1 Å². The van der Waals surface area contributed by atoms with E-state index in [1.165, 1.54) is 6.07 Å². The Labute approximate surface area is 144 Å². The summed E-state index contributed by atoms with van der Waals surface area (Å²) in [5.74, 6) is -1.68. The number of halogens is 1. The molecule has 2 aliphatic heterocycles. The molecule has 0 aromatic heterocycles. The van der Waals surface area contributed by atoms with Gasteiger partial charge in [-0.05, 0) is 6.07 Å². The maximum absolute atomic E-state index is 14.7. The van der Waals surface area contributed by atoms with Crippen molar-refractivity contribution in [1.82, 2.24) is 4.48 Å². The number of hydrogen-bond donors (Lipinski definition) is 2. The van der Waals surface area contributed by atoms with Crippen LogP contribution in [0.1, 0.15) is 0 Å². The number of rotatable bonds is 5. The van der Waals surface area contributed by atoms with Crippen LogP contribution in [0.5, 0.6) is 0 Å². The van der Waals surface area contributed by atoms with Gasteiger partial charge < -0.3 is 25.2 Å². The van der Waals surface area contributed by atoms with Gasteiger partial charge in [0.05, 0.1) is 18.9 Å². The Bertz CT molecular complexity index is 680. The summed E-state index contributed by atoms with van der Waals surface area (Å²) in [6.45, 7) is 1.81. The van der Waals surface area contributed by atoms with Crippen molar-refractivity contribution in [2.24, 2.45) is 5.73 Å². The molecule has 2 aliphatic rings. The molecule has 25 heavy (non-hydrogen) atoms. The highest BCUT2D eigenvalue weighted by atomic mass is 19.1. The number of nitrogens with zero attached hydrogens (tertiary/aromatic N) is 2. The molecular weight excluding hydrogens is 333 g/mol. The number of anilines is 1. The Morgan fingerprint density at radius 2 is 2.12 bits per heavy atom. The molecule has 2 saturated heterocycles. The number of morpholine rings is 1. The van der Waals surface area contributed by atoms with Crippen LogP contribution in [0.3, 0.4) is 0 Å². The summed E-state index contributed by atoms with van der Waals surface area (Å²) in [5.41, 5.74) is 6.20. The predicted molar refractivity (Wildman–Crippen MR) is 87.9 cm³/mol. The average molecular weight is 354 g/mol. The van der Waals surface area contributed by atoms with Crippen molar-refractivity contribution < 1.29 is 28.6 Å². The summed E-state index contributed by atoms with van der Waals surface area (Å²) in [6, 6.07) is 4.37. The smallest absolute Gasteiger partial charge is 0.477 e. The van der Waals surface area contributed by atoms with E-state index in [4.69, 9.17) is 15.2 Å². The van der Waals surface area contributed by atoms with Crippen molar-refractivity contribution in [3.63, 3.8) is 0 Å². The van der Waals surface area contributed by atoms with Crippen LogP contribution in [0.15, 0.2) is 18.2 Å². The normalized spacial score (nSPS) is 26.6. The summed E-state index contributed by atoms with van der Waals surface area (Å²) in [5, 5.41) is 9.23. The van der Waals surface area contributed by atoms with Gasteiger partial charge in [-0.25, -0.2) is 9.18 Å². The topological polar surface area (TPSA) is 102 Å². The summed E-state index contributed by atoms with van der Waals surface area (Å²) in [4.78, 5) is 25.5. The molecule has 3 rings (SSSR count). The Morgan fingerprint density at radius 1 is 1.40 bits per heavy atom. The minimum atomic E-state index is -1.17. The van der Waals surface area contributed by atoms with Gasteiger partial charge in [0, 0.05) is 31.8 Å². The number of carboxylic acids is 1. The molecule has 1 aromatic carbocycles. The van der Waals surface area contributed by atoms with Gasteiger partial charge in [0.1, 0.15) is 12.2 Å². The van der Waals surface area contributed by atoms with E-state index in [2.05, 4.69) is 0 Å². The Kier molecular flexibility index (Phi) is 4.89. The molecule has 1 unspecified atom stereocenters. The molecule has 0 saturated carbocycles. The zero-order valence-corrected chi connectivity index (χ0v) is 13.7. The lowest BCUT2D eigenvalue weighted by atomic mass is 10.1. The molecule has 9 heteroatoms. The Hall–Kier alpha value is -2.23. The number of carbonyl (C=O) groups is 2. The van der Waals surface area contributed by atoms with Gasteiger partial charge in [-0.2, -0.15) is 9.28 Å². The molecule has 0 bridgehead atoms. The van der Waals surface area contributed by atoms with Crippen LogP contribution in [-0.2, 0) is 14.3 Å². The molecule has 1 aromatic rings. The fourth-order valence-corrected chi connectivity index (χ4v) is 3.31. The quantitative estimate of drug-likeness (QED) is 0.744. The highest BCUT2D eigenvalue weighted by Crippen LogP contribution is 2.34. The van der Waals surface area contributed by atoms with Gasteiger partial charge >= 0.3 is 12.1 Å². The van der Waals surface area contributed by atoms with E-state index in [1.807, 2.05) is 4.90 Å². The third-order valence-electron chi connectivity index (χ3n) is 4.58. The maximum atomic E-state index is 14.7. The molecule has 2 atom stereocenters. The van der Waals surface area contributed by atoms with Crippen LogP contribution >= 0.6 is 0 Å². The summed E-state index contributed by atoms with van der Waals surface area (Å²) < 4.78 is 24.5. The average Bonchev–Trinajstić information content (AvgIpc) is 2.92. The Balaban J connectivity index is 1.95. The van der Waals surface area contributed by atoms with E-state index in [9.17, 15) is 19.1 Å². The fourth-order valence-electron chi connectivity index (χ4n) is 3.31. The second-order valence-electron chi connectivity index (χ2n) is 6.18. The molecular formula is C16H21FN3O5+. The first-order chi connectivity index (χ1) is 12.0. The molecule has 0 aliphatic carbocycles. The zero-order chi connectivity index (χ0) is 18.0. The van der Waals surface area contributed by atoms with Crippen LogP contribution in [-0.4, -0.2) is 69.2 Å². The lowest BCUT2D eigenvalue weighted by Crippen LogP contribution is -2.54. The van der Waals surface area contributed by atoms with E-state index in [-0.39, 0.29) is 18.8 Å². The van der Waals surface area contributed by atoms with Crippen LogP contribution in [0.2, 0.25) is 0 Å². The van der Waals surface area contributed by atoms with Crippen molar-refractivity contribution in [3.05, 3.63) is 24.0 Å². The van der Waals surface area contributed by atoms with Gasteiger partial charge in [-0.1, -0.05) is 0 Å². The van der Waals surface area contributed by atoms with E-state index >= 15 is 0 Å². The largest absolute Gasteiger partial charge is 0.522 e. The van der Waals surface area contributed by atoms with E-state index in [0.717, 1.165) is 0 Å². The molecule has 8 nitrogen and oxygen atoms in total. The van der Waals surface area contributed by atoms with Gasteiger partial charge in [0.15, 0.2) is 18.5 Å². The van der Waals surface area contributed by atoms with Crippen molar-refractivity contribution in [2.45, 2.75) is 6.10 Å². The first-order valence-corrected chi connectivity index (χ1v) is 8.09. The number of cyclic esters (lactones) is 1. The first kappa shape index (κ1) is 17.6. The number of benzene rings is 1. The van der Waals surface area contributed by atoms with Gasteiger partial charge in [0.25, 0.3) is 0 Å². The standard InChI is InChI=1S/C16H20FN3O5/c17-13-7-11(1-2-14(13)19-3-5-24-6-4-19)20(10-15(21)22)9-12(8-18)25-16(20)23/h1-2,7,12H,3-6,8-10,18H2/p+1/t12?,20-/m0/s1. The lowest BCUT2D eigenvalue weighted by molar-refractivity contribution is -0.137. The fraction of sp³-hybridized carbons (Fsp3) is 0.500. The first-order valence-electron chi connectivity index (χ1n) is 8.09. The monoisotopic (exact) mass is 354 g/mol. The van der Waals surface area contributed by atoms with Gasteiger partial charge in [-0.15, -0.1) is 0 Å². The molecule has 2 fully saturated rings. The predicted octanol–water partition coefficient (Wildman–Crippen LogP) is 0.532. The molecule has 1 amide bonds. The summed E-state index contributed by atoms with van der Waals surface area (Å²) >= 11 is 0. The highest BCUT2D eigenvalue weighted by Gasteiger charge is 2.52. The molecule has 136 valence electrons. The summed E-state index contributed by atoms with van der Waals surface area (Å²) in [7, 11) is 0. The Morgan fingerprint density at radius 3 is 2.68 bits per heavy atom. The van der Waals surface area contributed by atoms with Crippen LogP contribution in [0.25, 0.3) is 0 Å². The number of quaternary nitrogens is 1. The van der Waals surface area contributed by atoms with Crippen molar-refractivity contribution in [2.75, 3.05) is 50.8 Å². The second kappa shape index (κ2) is 6.95. The molecule has 0 spiro atoms. The number of carboxylic acid groups (broad SMARTS) is 1. The van der Waals surface area contributed by atoms with Gasteiger partial charge in [0.2, 0.25) is 0 Å². The van der Waals surface area contributed by atoms with Crippen LogP contribution in [0, 0.1) is 5.82 Å². The number of ether oxygens (including phenoxy) is 2. The molecule has 2 heterocycles. The number of aliphatic carboxylic acids is 1. The zero-order valence-electron chi connectivity index (χ0n) is 13.7. The SMILES string of the molecule is NCC1C[N@+](CC(=O)O)(c2ccc(N3CCOCC3)c(F)c2)C(=O)O1. The molecule has 3 N–H and O–H groups in total. The number of hydrogen-bond acceptors (Lipinski definition) is 6. The number of carbonyl (C=O) groups excluding carboxylic acids is 1. The number of nitrogens with two attached hydrogens (primary N) is 1. The van der Waals surface area contributed by atoms with E-state index in [1.54, 1.807) is 12.1 Å². The second-order valence-corrected chi connectivity index (χ2v) is 6.18. The third kappa shape index (κ3) is 3.30. The minimum Gasteiger partial charge on any atom is -0.477 e. The van der Waals surface area contributed by atoms with Crippen molar-refractivity contribution in [1.29, 1.82) is 0 Å².